The number of H-pyrrole nitrogens is 1. The summed E-state index contributed by atoms with van der Waals surface area (Å²) in [5.74, 6) is -3.08. The van der Waals surface area contributed by atoms with E-state index in [4.69, 9.17) is 5.41 Å². The molecule has 0 bridgehead atoms. The van der Waals surface area contributed by atoms with Crippen LogP contribution in [-0.4, -0.2) is 15.7 Å². The topological polar surface area (TPSA) is 69.6 Å². The molecular formula is C25H16F5N3O. The van der Waals surface area contributed by atoms with E-state index in [1.54, 1.807) is 30.3 Å². The van der Waals surface area contributed by atoms with Crippen LogP contribution in [0, 0.1) is 17.0 Å². The maximum atomic E-state index is 14.8. The van der Waals surface area contributed by atoms with Crippen molar-refractivity contribution in [3.63, 3.8) is 0 Å². The molecular weight excluding hydrogens is 453 g/mol. The molecule has 0 aliphatic heterocycles. The van der Waals surface area contributed by atoms with Crippen LogP contribution in [0.1, 0.15) is 28.4 Å². The van der Waals surface area contributed by atoms with Gasteiger partial charge >= 0.3 is 6.18 Å². The molecule has 0 saturated carbocycles. The summed E-state index contributed by atoms with van der Waals surface area (Å²) in [6.07, 6.45) is -4.53. The minimum atomic E-state index is -4.53. The Kier molecular flexibility index (Phi) is 6.10. The second-order valence-electron chi connectivity index (χ2n) is 7.47. The van der Waals surface area contributed by atoms with Gasteiger partial charge in [-0.05, 0) is 23.8 Å². The lowest BCUT2D eigenvalue weighted by molar-refractivity contribution is -0.137. The predicted octanol–water partition coefficient (Wildman–Crippen LogP) is 5.93. The van der Waals surface area contributed by atoms with Crippen molar-refractivity contribution in [2.45, 2.75) is 12.1 Å². The molecule has 1 atom stereocenters. The van der Waals surface area contributed by atoms with Gasteiger partial charge in [-0.2, -0.15) is 13.2 Å². The van der Waals surface area contributed by atoms with Gasteiger partial charge in [0.05, 0.1) is 22.9 Å². The molecule has 1 unspecified atom stereocenters. The van der Waals surface area contributed by atoms with E-state index in [2.05, 4.69) is 9.97 Å². The quantitative estimate of drug-likeness (QED) is 0.281. The Bertz CT molecular complexity index is 1400. The minimum Gasteiger partial charge on any atom is -0.310 e. The fraction of sp³-hybridized carbons (Fsp3) is 0.0800. The van der Waals surface area contributed by atoms with Crippen molar-refractivity contribution in [3.8, 4) is 11.3 Å². The highest BCUT2D eigenvalue weighted by molar-refractivity contribution is 6.04. The van der Waals surface area contributed by atoms with E-state index in [1.165, 1.54) is 12.1 Å². The largest absolute Gasteiger partial charge is 0.416 e. The van der Waals surface area contributed by atoms with Crippen molar-refractivity contribution >= 4 is 5.71 Å². The van der Waals surface area contributed by atoms with Crippen LogP contribution in [-0.2, 0) is 6.18 Å². The van der Waals surface area contributed by atoms with E-state index in [9.17, 15) is 26.7 Å². The van der Waals surface area contributed by atoms with Gasteiger partial charge in [0.1, 0.15) is 17.5 Å². The lowest BCUT2D eigenvalue weighted by Crippen LogP contribution is -2.22. The Morgan fingerprint density at radius 3 is 2.21 bits per heavy atom. The zero-order valence-corrected chi connectivity index (χ0v) is 17.3. The van der Waals surface area contributed by atoms with Crippen LogP contribution in [0.2, 0.25) is 0 Å². The summed E-state index contributed by atoms with van der Waals surface area (Å²) in [7, 11) is 0. The zero-order valence-electron chi connectivity index (χ0n) is 17.3. The van der Waals surface area contributed by atoms with Crippen molar-refractivity contribution in [3.05, 3.63) is 123 Å². The maximum absolute atomic E-state index is 14.8. The Balaban J connectivity index is 1.86. The summed E-state index contributed by atoms with van der Waals surface area (Å²) < 4.78 is 67.0. The molecule has 0 saturated heterocycles. The van der Waals surface area contributed by atoms with Gasteiger partial charge in [-0.25, -0.2) is 13.8 Å². The lowest BCUT2D eigenvalue weighted by Gasteiger charge is -2.20. The first-order valence-corrected chi connectivity index (χ1v) is 10.0. The van der Waals surface area contributed by atoms with Crippen molar-refractivity contribution in [1.82, 2.24) is 9.97 Å². The van der Waals surface area contributed by atoms with Gasteiger partial charge in [0.25, 0.3) is 5.56 Å². The van der Waals surface area contributed by atoms with E-state index in [0.717, 1.165) is 30.3 Å². The summed E-state index contributed by atoms with van der Waals surface area (Å²) in [5.41, 5.74) is -1.03. The smallest absolute Gasteiger partial charge is 0.310 e. The van der Waals surface area contributed by atoms with Gasteiger partial charge in [0, 0.05) is 23.3 Å². The number of aromatic amines is 1. The van der Waals surface area contributed by atoms with E-state index >= 15 is 0 Å². The standard InChI is InChI=1S/C25H16F5N3O/c26-17-10-11-18(19(27)12-17)22(23(31)15-4-2-1-3-5-15)24-32-20(13-21(34)33-24)14-6-8-16(9-7-14)25(28,29)30/h1-13,22,31H,(H,32,33,34). The minimum absolute atomic E-state index is 0.0425. The molecule has 172 valence electrons. The van der Waals surface area contributed by atoms with Crippen LogP contribution in [0.3, 0.4) is 0 Å². The first-order valence-electron chi connectivity index (χ1n) is 10.0. The van der Waals surface area contributed by atoms with Gasteiger partial charge in [0.15, 0.2) is 0 Å². The molecule has 2 N–H and O–H groups in total. The molecule has 0 aliphatic rings. The number of nitrogens with zero attached hydrogens (tertiary/aromatic N) is 1. The van der Waals surface area contributed by atoms with Gasteiger partial charge in [0.2, 0.25) is 0 Å². The van der Waals surface area contributed by atoms with Crippen molar-refractivity contribution in [1.29, 1.82) is 5.41 Å². The van der Waals surface area contributed by atoms with Crippen LogP contribution in [0.15, 0.2) is 83.7 Å². The third-order valence-electron chi connectivity index (χ3n) is 5.19. The van der Waals surface area contributed by atoms with Crippen molar-refractivity contribution in [2.24, 2.45) is 0 Å². The molecule has 4 nitrogen and oxygen atoms in total. The highest BCUT2D eigenvalue weighted by Crippen LogP contribution is 2.32. The molecule has 4 aromatic rings. The lowest BCUT2D eigenvalue weighted by atomic mass is 9.88. The van der Waals surface area contributed by atoms with E-state index in [-0.39, 0.29) is 28.4 Å². The van der Waals surface area contributed by atoms with Gasteiger partial charge < -0.3 is 10.4 Å². The van der Waals surface area contributed by atoms with E-state index in [1.807, 2.05) is 0 Å². The van der Waals surface area contributed by atoms with Gasteiger partial charge in [-0.15, -0.1) is 0 Å². The number of alkyl halides is 3. The summed E-state index contributed by atoms with van der Waals surface area (Å²) >= 11 is 0. The fourth-order valence-electron chi connectivity index (χ4n) is 3.55. The third kappa shape index (κ3) is 4.78. The highest BCUT2D eigenvalue weighted by Gasteiger charge is 2.30. The Morgan fingerprint density at radius 2 is 1.59 bits per heavy atom. The molecule has 1 heterocycles. The van der Waals surface area contributed by atoms with Gasteiger partial charge in [-0.3, -0.25) is 4.79 Å². The summed E-state index contributed by atoms with van der Waals surface area (Å²) in [6.45, 7) is 0. The van der Waals surface area contributed by atoms with Crippen LogP contribution < -0.4 is 5.56 Å². The maximum Gasteiger partial charge on any atom is 0.416 e. The molecule has 4 rings (SSSR count). The Hall–Kier alpha value is -4.14. The average molecular weight is 469 g/mol. The molecule has 0 aliphatic carbocycles. The van der Waals surface area contributed by atoms with Crippen LogP contribution in [0.25, 0.3) is 11.3 Å². The third-order valence-corrected chi connectivity index (χ3v) is 5.19. The second-order valence-corrected chi connectivity index (χ2v) is 7.47. The molecule has 0 radical (unpaired) electrons. The van der Waals surface area contributed by atoms with Gasteiger partial charge in [-0.1, -0.05) is 48.5 Å². The van der Waals surface area contributed by atoms with E-state index in [0.29, 0.717) is 11.6 Å². The summed E-state index contributed by atoms with van der Waals surface area (Å²) in [5, 5.41) is 8.71. The van der Waals surface area contributed by atoms with Crippen molar-refractivity contribution in [2.75, 3.05) is 0 Å². The molecule has 34 heavy (non-hydrogen) atoms. The predicted molar refractivity (Wildman–Crippen MR) is 117 cm³/mol. The average Bonchev–Trinajstić information content (AvgIpc) is 2.80. The first-order chi connectivity index (χ1) is 16.1. The number of aromatic nitrogens is 2. The number of hydrogen-bond donors (Lipinski definition) is 2. The molecule has 1 aromatic heterocycles. The molecule has 0 spiro atoms. The number of benzene rings is 3. The molecule has 3 aromatic carbocycles. The zero-order chi connectivity index (χ0) is 24.5. The molecule has 9 heteroatoms. The summed E-state index contributed by atoms with van der Waals surface area (Å²) in [4.78, 5) is 19.3. The second kappa shape index (κ2) is 9.01. The van der Waals surface area contributed by atoms with Crippen LogP contribution in [0.5, 0.6) is 0 Å². The Morgan fingerprint density at radius 1 is 0.912 bits per heavy atom. The SMILES string of the molecule is N=C(c1ccccc1)C(c1nc(-c2ccc(C(F)(F)F)cc2)cc(=O)[nH]1)c1ccc(F)cc1F. The molecule has 0 amide bonds. The van der Waals surface area contributed by atoms with E-state index < -0.39 is 34.9 Å². The highest BCUT2D eigenvalue weighted by atomic mass is 19.4. The first kappa shape index (κ1) is 23.0. The van der Waals surface area contributed by atoms with Crippen molar-refractivity contribution < 1.29 is 22.0 Å². The normalized spacial score (nSPS) is 12.4. The number of hydrogen-bond acceptors (Lipinski definition) is 3. The number of halogens is 5. The van der Waals surface area contributed by atoms with Crippen LogP contribution >= 0.6 is 0 Å². The van der Waals surface area contributed by atoms with Crippen LogP contribution in [0.4, 0.5) is 22.0 Å². The monoisotopic (exact) mass is 469 g/mol. The Labute approximate surface area is 190 Å². The number of rotatable bonds is 5. The molecule has 0 fully saturated rings. The number of nitrogens with one attached hydrogen (secondary N) is 2. The fourth-order valence-corrected chi connectivity index (χ4v) is 3.55. The summed E-state index contributed by atoms with van der Waals surface area (Å²) in [6, 6.07) is 16.3.